The molecule has 0 saturated heterocycles. The number of aromatic hydroxyl groups is 2. The summed E-state index contributed by atoms with van der Waals surface area (Å²) >= 11 is 16.5. The maximum atomic E-state index is 11.1. The van der Waals surface area contributed by atoms with Gasteiger partial charge in [-0.1, -0.05) is 127 Å². The Hall–Kier alpha value is -3.71. The van der Waals surface area contributed by atoms with Crippen molar-refractivity contribution in [2.24, 2.45) is 0 Å². The third kappa shape index (κ3) is 49.7. The Morgan fingerprint density at radius 3 is 1.12 bits per heavy atom. The Bertz CT molecular complexity index is 3020. The maximum absolute atomic E-state index is 11.1. The number of carbonyl (C=O) groups excluding carboxylic acids is 6. The van der Waals surface area contributed by atoms with E-state index in [4.69, 9.17) is 25.8 Å². The number of nitrogens with one attached hydrogen (secondary N) is 5. The van der Waals surface area contributed by atoms with Crippen molar-refractivity contribution in [3.63, 3.8) is 0 Å². The first-order chi connectivity index (χ1) is 47.9. The zero-order chi connectivity index (χ0) is 75.1. The van der Waals surface area contributed by atoms with Crippen LogP contribution in [0.15, 0.2) is 136 Å². The fourth-order valence-corrected chi connectivity index (χ4v) is 12.0. The zero-order valence-electron chi connectivity index (χ0n) is 61.1. The summed E-state index contributed by atoms with van der Waals surface area (Å²) in [6.45, 7) is 28.3. The molecule has 557 valence electrons. The van der Waals surface area contributed by atoms with Crippen LogP contribution in [0.3, 0.4) is 0 Å². The molecule has 1 radical (unpaired) electrons. The summed E-state index contributed by atoms with van der Waals surface area (Å²) in [5, 5.41) is 35.9. The van der Waals surface area contributed by atoms with E-state index < -0.39 is 0 Å². The number of methoxy groups -OCH3 is 1. The van der Waals surface area contributed by atoms with Crippen LogP contribution in [0.4, 0.5) is 0 Å². The Labute approximate surface area is 689 Å². The van der Waals surface area contributed by atoms with Crippen molar-refractivity contribution in [3.05, 3.63) is 189 Å². The first-order valence-corrected chi connectivity index (χ1v) is 38.4. The molecule has 22 heteroatoms. The SMILES string of the molecule is CCCC(=O)OC(C)(C)C.CCCNC(C=O)Cc1cc(Br)c(O)c(Br)c1.CCCNC(C=O)Cc1cc(I)c(O)c(I)c1.CCCNC(C=O)Cc1ccc(Cl)cc1.CCCNC(C=O)Cc1ccc(OC)cc1.CCCNC(C=O)Cc1ccc(OCc2ccccc2)cc1.[Ac].[CH2-]CC. The number of phenolic OH excluding ortho intramolecular Hbond substituents is 2. The fraction of sp³-hybridized carbons (Fsp3) is 0.456. The Morgan fingerprint density at radius 1 is 0.495 bits per heavy atom. The molecule has 6 aromatic rings. The monoisotopic (exact) mass is 1980 g/mol. The first kappa shape index (κ1) is 99.3. The van der Waals surface area contributed by atoms with Crippen molar-refractivity contribution in [2.75, 3.05) is 39.8 Å². The molecule has 0 aliphatic rings. The third-order valence-corrected chi connectivity index (χ3v) is 16.8. The quantitative estimate of drug-likeness (QED) is 0.00839. The predicted molar refractivity (Wildman–Crippen MR) is 434 cm³/mol. The van der Waals surface area contributed by atoms with E-state index in [0.717, 1.165) is 179 Å². The Balaban J connectivity index is 0. The Morgan fingerprint density at radius 2 is 0.812 bits per heavy atom. The van der Waals surface area contributed by atoms with Gasteiger partial charge in [0.2, 0.25) is 0 Å². The number of hydrogen-bond donors (Lipinski definition) is 7. The summed E-state index contributed by atoms with van der Waals surface area (Å²) in [7, 11) is 1.64. The van der Waals surface area contributed by atoms with Gasteiger partial charge in [-0.15, -0.1) is 0 Å². The van der Waals surface area contributed by atoms with Gasteiger partial charge in [0, 0.05) is 55.5 Å². The predicted octanol–water partition coefficient (Wildman–Crippen LogP) is 16.7. The number of hydrogen-bond acceptors (Lipinski definition) is 16. The van der Waals surface area contributed by atoms with E-state index in [-0.39, 0.29) is 91.6 Å². The normalized spacial score (nSPS) is 11.8. The van der Waals surface area contributed by atoms with E-state index in [1.807, 2.05) is 162 Å². The summed E-state index contributed by atoms with van der Waals surface area (Å²) in [4.78, 5) is 65.4. The first-order valence-electron chi connectivity index (χ1n) is 34.3. The number of aldehydes is 5. The molecule has 0 aliphatic heterocycles. The van der Waals surface area contributed by atoms with Crippen molar-refractivity contribution < 1.29 is 97.3 Å². The topological polar surface area (TPSA) is 231 Å². The van der Waals surface area contributed by atoms with Crippen molar-refractivity contribution >= 4 is 126 Å². The van der Waals surface area contributed by atoms with Gasteiger partial charge in [0.1, 0.15) is 66.6 Å². The minimum Gasteiger partial charge on any atom is -0.506 e. The minimum atomic E-state index is -0.327. The van der Waals surface area contributed by atoms with Gasteiger partial charge < -0.3 is 81.9 Å². The standard InChI is InChI=1S/C19H23NO2.C13H19NO2.C12H15Br2NO2.C12H16ClNO.C12H15I2NO2.C8H16O2.C3H7.Ac/c1-2-12-20-18(14-21)13-16-8-10-19(11-9-16)22-15-17-6-4-3-5-7-17;1-3-8-14-12(10-15)9-11-4-6-13(16-2)7-5-11;1-2-3-15-9(7-16)4-8-5-10(13)12(17)11(14)6-8;1-2-7-14-12(9-15)8-10-3-5-11(13)6-4-10;1-2-3-15-9(7-16)4-8-5-10(13)12(17)11(14)6-8;1-5-6-7(9)10-8(2,3)4;1-3-2;/h3-11,14,18,20H,2,12-13,15H2,1H3;4-7,10,12,14H,3,8-9H2,1-2H3;5-7,9,15,17H,2-4H2,1H3;3-6,9,12,14H,2,7-8H2,1H3;5-7,9,15,17H,2-4H2,1H3;5-6H2,1-4H3;1,3H2,2H3;/q;;;;;;-1;. The summed E-state index contributed by atoms with van der Waals surface area (Å²) in [5.74, 6) is 2.08. The molecule has 5 unspecified atom stereocenters. The molecule has 7 N–H and O–H groups in total. The van der Waals surface area contributed by atoms with Gasteiger partial charge in [-0.25, -0.2) is 0 Å². The second-order valence-corrected chi connectivity index (χ2v) is 28.5. The van der Waals surface area contributed by atoms with Crippen LogP contribution < -0.4 is 36.1 Å². The molecule has 0 spiro atoms. The molecule has 0 saturated carbocycles. The number of carbonyl (C=O) groups is 6. The van der Waals surface area contributed by atoms with Crippen LogP contribution in [0, 0.1) is 58.1 Å². The van der Waals surface area contributed by atoms with E-state index in [9.17, 15) is 39.0 Å². The van der Waals surface area contributed by atoms with Gasteiger partial charge in [0.05, 0.1) is 53.4 Å². The van der Waals surface area contributed by atoms with Gasteiger partial charge in [0.25, 0.3) is 0 Å². The zero-order valence-corrected chi connectivity index (χ0v) is 74.1. The van der Waals surface area contributed by atoms with Crippen LogP contribution in [0.2, 0.25) is 5.02 Å². The summed E-state index contributed by atoms with van der Waals surface area (Å²) in [5.41, 5.74) is 6.27. The van der Waals surface area contributed by atoms with Crippen LogP contribution in [-0.4, -0.2) is 123 Å². The van der Waals surface area contributed by atoms with Crippen LogP contribution in [0.25, 0.3) is 0 Å². The second-order valence-electron chi connectivity index (χ2n) is 24.0. The number of halogens is 5. The second kappa shape index (κ2) is 62.5. The molecular weight excluding hydrogens is 1870 g/mol. The Kier molecular flexibility index (Phi) is 61.5. The third-order valence-electron chi connectivity index (χ3n) is 13.7. The van der Waals surface area contributed by atoms with Gasteiger partial charge in [0.15, 0.2) is 0 Å². The number of phenols is 2. The van der Waals surface area contributed by atoms with Gasteiger partial charge >= 0.3 is 5.97 Å². The molecule has 101 heavy (non-hydrogen) atoms. The van der Waals surface area contributed by atoms with E-state index >= 15 is 0 Å². The van der Waals surface area contributed by atoms with Gasteiger partial charge in [-0.05, 0) is 295 Å². The van der Waals surface area contributed by atoms with Crippen molar-refractivity contribution in [3.8, 4) is 23.0 Å². The van der Waals surface area contributed by atoms with Crippen molar-refractivity contribution in [2.45, 2.75) is 195 Å². The summed E-state index contributed by atoms with van der Waals surface area (Å²) in [6.07, 6.45) is 15.7. The average molecular weight is 1980 g/mol. The summed E-state index contributed by atoms with van der Waals surface area (Å²) in [6, 6.07) is 40.3. The fourth-order valence-electron chi connectivity index (χ4n) is 8.67. The molecule has 0 bridgehead atoms. The number of rotatable bonds is 36. The smallest absolute Gasteiger partial charge is 0.306 e. The van der Waals surface area contributed by atoms with Crippen LogP contribution in [0.1, 0.15) is 154 Å². The molecule has 5 atom stereocenters. The molecular formula is C79H111AcBr2ClI2N5O11-. The molecule has 0 heterocycles. The van der Waals surface area contributed by atoms with E-state index in [1.165, 1.54) is 0 Å². The molecule has 6 rings (SSSR count). The maximum Gasteiger partial charge on any atom is 0.306 e. The van der Waals surface area contributed by atoms with Gasteiger partial charge in [-0.3, -0.25) is 4.79 Å². The largest absolute Gasteiger partial charge is 0.506 e. The van der Waals surface area contributed by atoms with Gasteiger partial charge in [-0.2, -0.15) is 6.42 Å². The van der Waals surface area contributed by atoms with E-state index in [0.29, 0.717) is 47.0 Å². The molecule has 0 amide bonds. The molecule has 0 aliphatic carbocycles. The minimum absolute atomic E-state index is 0. The van der Waals surface area contributed by atoms with Crippen LogP contribution in [-0.2, 0) is 72.2 Å². The molecule has 6 aromatic carbocycles. The van der Waals surface area contributed by atoms with Crippen molar-refractivity contribution in [1.29, 1.82) is 0 Å². The number of benzene rings is 6. The number of esters is 1. The van der Waals surface area contributed by atoms with Crippen LogP contribution >= 0.6 is 88.6 Å². The van der Waals surface area contributed by atoms with Crippen LogP contribution in [0.5, 0.6) is 23.0 Å². The molecule has 0 fully saturated rings. The summed E-state index contributed by atoms with van der Waals surface area (Å²) < 4.78 is 18.8. The van der Waals surface area contributed by atoms with E-state index in [1.54, 1.807) is 7.11 Å². The molecule has 16 nitrogen and oxygen atoms in total. The average Bonchev–Trinajstić information content (AvgIpc) is 0.867. The van der Waals surface area contributed by atoms with Crippen molar-refractivity contribution in [1.82, 2.24) is 26.6 Å². The van der Waals surface area contributed by atoms with E-state index in [2.05, 4.69) is 145 Å². The molecule has 0 aromatic heterocycles. The number of ether oxygens (including phenoxy) is 3.